The van der Waals surface area contributed by atoms with Gasteiger partial charge in [0.15, 0.2) is 0 Å². The van der Waals surface area contributed by atoms with Crippen LogP contribution in [0.3, 0.4) is 0 Å². The Labute approximate surface area is 234 Å². The lowest BCUT2D eigenvalue weighted by molar-refractivity contribution is -0.141. The fraction of sp³-hybridized carbons (Fsp3) is 0.276. The number of nitrogens with one attached hydrogen (secondary N) is 1. The zero-order chi connectivity index (χ0) is 28.9. The Morgan fingerprint density at radius 2 is 1.75 bits per heavy atom. The van der Waals surface area contributed by atoms with Crippen LogP contribution in [0.15, 0.2) is 77.7 Å². The van der Waals surface area contributed by atoms with Crippen molar-refractivity contribution in [3.8, 4) is 0 Å². The number of hydrogen-bond acceptors (Lipinski definition) is 7. The van der Waals surface area contributed by atoms with E-state index in [9.17, 15) is 13.2 Å². The number of sulfonamides is 1. The minimum absolute atomic E-state index is 0.00938. The maximum Gasteiger partial charge on any atom is 0.326 e. The summed E-state index contributed by atoms with van der Waals surface area (Å²) in [5.74, 6) is 0.177. The van der Waals surface area contributed by atoms with Gasteiger partial charge in [-0.05, 0) is 56.9 Å². The predicted molar refractivity (Wildman–Crippen MR) is 156 cm³/mol. The van der Waals surface area contributed by atoms with E-state index in [1.165, 1.54) is 12.1 Å². The Hall–Kier alpha value is -4.22. The summed E-state index contributed by atoms with van der Waals surface area (Å²) in [6, 6.07) is 20.7. The summed E-state index contributed by atoms with van der Waals surface area (Å²) in [6.07, 6.45) is 0.532. The molecule has 210 valence electrons. The summed E-state index contributed by atoms with van der Waals surface area (Å²) in [5, 5.41) is 7.63. The predicted octanol–water partition coefficient (Wildman–Crippen LogP) is 3.23. The van der Waals surface area contributed by atoms with E-state index >= 15 is 0 Å². The minimum atomic E-state index is -4.06. The van der Waals surface area contributed by atoms with Crippen LogP contribution in [0.5, 0.6) is 0 Å². The van der Waals surface area contributed by atoms with Crippen molar-refractivity contribution in [1.82, 2.24) is 14.5 Å². The van der Waals surface area contributed by atoms with Gasteiger partial charge in [0.2, 0.25) is 0 Å². The zero-order valence-corrected chi connectivity index (χ0v) is 23.7. The fourth-order valence-corrected chi connectivity index (χ4v) is 5.77. The third-order valence-corrected chi connectivity index (χ3v) is 8.19. The number of carbonyl (C=O) groups excluding carboxylic acids is 1. The number of aromatic nitrogens is 2. The van der Waals surface area contributed by atoms with Crippen LogP contribution in [-0.2, 0) is 32.5 Å². The number of likely N-dealkylation sites (N-methyl/N-ethyl adjacent to an activating group) is 1. The fourth-order valence-electron chi connectivity index (χ4n) is 4.35. The van der Waals surface area contributed by atoms with Crippen molar-refractivity contribution >= 4 is 38.5 Å². The lowest BCUT2D eigenvalue weighted by Gasteiger charge is -2.23. The summed E-state index contributed by atoms with van der Waals surface area (Å²) in [6.45, 7) is 2.81. The van der Waals surface area contributed by atoms with Gasteiger partial charge in [-0.1, -0.05) is 42.5 Å². The van der Waals surface area contributed by atoms with Gasteiger partial charge in [-0.2, -0.15) is 0 Å². The van der Waals surface area contributed by atoms with Crippen molar-refractivity contribution in [2.75, 3.05) is 38.1 Å². The highest BCUT2D eigenvalue weighted by Crippen LogP contribution is 2.28. The van der Waals surface area contributed by atoms with Crippen molar-refractivity contribution in [1.29, 1.82) is 5.41 Å². The number of nitrogen functional groups attached to an aromatic ring is 1. The maximum atomic E-state index is 13.6. The molecule has 11 heteroatoms. The molecule has 10 nitrogen and oxygen atoms in total. The number of fused-ring (bicyclic) bond motifs is 1. The molecule has 0 spiro atoms. The van der Waals surface area contributed by atoms with Crippen LogP contribution < -0.4 is 10.0 Å². The molecule has 4 rings (SSSR count). The molecule has 1 heterocycles. The number of anilines is 1. The molecule has 0 aliphatic rings. The third-order valence-electron chi connectivity index (χ3n) is 6.41. The van der Waals surface area contributed by atoms with Gasteiger partial charge in [0.25, 0.3) is 10.0 Å². The summed E-state index contributed by atoms with van der Waals surface area (Å²) in [7, 11) is -0.0587. The quantitative estimate of drug-likeness (QED) is 0.154. The summed E-state index contributed by atoms with van der Waals surface area (Å²) < 4.78 is 35.6. The molecule has 0 fully saturated rings. The van der Waals surface area contributed by atoms with Crippen LogP contribution >= 0.6 is 0 Å². The number of esters is 1. The molecule has 0 saturated heterocycles. The van der Waals surface area contributed by atoms with Crippen molar-refractivity contribution in [2.24, 2.45) is 5.73 Å². The van der Waals surface area contributed by atoms with Gasteiger partial charge < -0.3 is 19.9 Å². The number of benzene rings is 3. The van der Waals surface area contributed by atoms with Crippen molar-refractivity contribution in [3.63, 3.8) is 0 Å². The Kier molecular flexibility index (Phi) is 8.86. The largest absolute Gasteiger partial charge is 0.465 e. The number of amidine groups is 1. The minimum Gasteiger partial charge on any atom is -0.465 e. The number of nitrogens with two attached hydrogens (primary N) is 1. The summed E-state index contributed by atoms with van der Waals surface area (Å²) in [5.41, 5.74) is 9.04. The van der Waals surface area contributed by atoms with Crippen LogP contribution in [-0.4, -0.2) is 68.5 Å². The standard InChI is InChI=1S/C29H34N6O4S/c1-4-39-28(36)20-35(40(37,38)24-8-6-5-7-9-24)23-14-15-26-25(19-23)32-27(34(26)17-16-33(2)3)18-21-10-12-22(13-11-21)29(30)31/h5-15,19H,4,16-18,20H2,1-3H3,(H3,30,31). The Morgan fingerprint density at radius 3 is 2.38 bits per heavy atom. The van der Waals surface area contributed by atoms with Crippen LogP contribution in [0.1, 0.15) is 23.9 Å². The van der Waals surface area contributed by atoms with Gasteiger partial charge in [0.1, 0.15) is 18.2 Å². The number of rotatable bonds is 12. The average Bonchev–Trinajstić information content (AvgIpc) is 3.27. The van der Waals surface area contributed by atoms with Gasteiger partial charge >= 0.3 is 5.97 Å². The van der Waals surface area contributed by atoms with Gasteiger partial charge in [0, 0.05) is 25.1 Å². The lowest BCUT2D eigenvalue weighted by atomic mass is 10.1. The first kappa shape index (κ1) is 28.8. The highest BCUT2D eigenvalue weighted by molar-refractivity contribution is 7.92. The van der Waals surface area contributed by atoms with Crippen molar-refractivity contribution in [3.05, 3.63) is 89.7 Å². The molecule has 3 N–H and O–H groups in total. The van der Waals surface area contributed by atoms with E-state index in [2.05, 4.69) is 9.47 Å². The molecule has 40 heavy (non-hydrogen) atoms. The number of ether oxygens (including phenoxy) is 1. The van der Waals surface area contributed by atoms with Crippen LogP contribution in [0, 0.1) is 5.41 Å². The van der Waals surface area contributed by atoms with Crippen LogP contribution in [0.2, 0.25) is 0 Å². The molecular weight excluding hydrogens is 528 g/mol. The molecule has 3 aromatic carbocycles. The summed E-state index contributed by atoms with van der Waals surface area (Å²) >= 11 is 0. The van der Waals surface area contributed by atoms with Gasteiger partial charge in [-0.3, -0.25) is 14.5 Å². The van der Waals surface area contributed by atoms with Crippen molar-refractivity contribution < 1.29 is 17.9 Å². The molecule has 0 unspecified atom stereocenters. The normalized spacial score (nSPS) is 11.6. The first-order valence-electron chi connectivity index (χ1n) is 12.9. The summed E-state index contributed by atoms with van der Waals surface area (Å²) in [4.78, 5) is 19.5. The van der Waals surface area contributed by atoms with Gasteiger partial charge in [-0.25, -0.2) is 13.4 Å². The number of imidazole rings is 1. The molecular formula is C29H34N6O4S. The monoisotopic (exact) mass is 562 g/mol. The van der Waals surface area contributed by atoms with E-state index in [4.69, 9.17) is 20.9 Å². The first-order valence-corrected chi connectivity index (χ1v) is 14.3. The maximum absolute atomic E-state index is 13.6. The van der Waals surface area contributed by atoms with Gasteiger partial charge in [0.05, 0.1) is 28.2 Å². The Balaban J connectivity index is 1.78. The molecule has 0 saturated carbocycles. The zero-order valence-electron chi connectivity index (χ0n) is 22.9. The molecule has 0 aliphatic carbocycles. The van der Waals surface area contributed by atoms with Crippen molar-refractivity contribution in [2.45, 2.75) is 24.8 Å². The van der Waals surface area contributed by atoms with Crippen LogP contribution in [0.25, 0.3) is 11.0 Å². The second-order valence-corrected chi connectivity index (χ2v) is 11.4. The van der Waals surface area contributed by atoms with E-state index < -0.39 is 22.5 Å². The van der Waals surface area contributed by atoms with Gasteiger partial charge in [-0.15, -0.1) is 0 Å². The molecule has 0 radical (unpaired) electrons. The number of hydrogen-bond donors (Lipinski definition) is 2. The third kappa shape index (κ3) is 6.49. The molecule has 0 aliphatic heterocycles. The van der Waals surface area contributed by atoms with E-state index in [1.807, 2.05) is 44.4 Å². The topological polar surface area (TPSA) is 135 Å². The van der Waals surface area contributed by atoms with Crippen LogP contribution in [0.4, 0.5) is 5.69 Å². The molecule has 1 aromatic heterocycles. The Morgan fingerprint density at radius 1 is 1.05 bits per heavy atom. The second-order valence-electron chi connectivity index (χ2n) is 9.57. The molecule has 0 bridgehead atoms. The van der Waals surface area contributed by atoms with E-state index in [-0.39, 0.29) is 17.3 Å². The number of nitrogens with zero attached hydrogens (tertiary/aromatic N) is 4. The highest BCUT2D eigenvalue weighted by Gasteiger charge is 2.28. The highest BCUT2D eigenvalue weighted by atomic mass is 32.2. The SMILES string of the molecule is CCOC(=O)CN(c1ccc2c(c1)nc(Cc1ccc(C(=N)N)cc1)n2CCN(C)C)S(=O)(=O)c1ccccc1. The van der Waals surface area contributed by atoms with E-state index in [0.717, 1.165) is 27.8 Å². The molecule has 4 aromatic rings. The number of carbonyl (C=O) groups is 1. The molecule has 0 amide bonds. The smallest absolute Gasteiger partial charge is 0.326 e. The lowest BCUT2D eigenvalue weighted by Crippen LogP contribution is -2.36. The Bertz CT molecular complexity index is 1600. The molecule has 0 atom stereocenters. The van der Waals surface area contributed by atoms with E-state index in [0.29, 0.717) is 29.7 Å². The average molecular weight is 563 g/mol. The first-order chi connectivity index (χ1) is 19.1. The van der Waals surface area contributed by atoms with E-state index in [1.54, 1.807) is 37.3 Å². The second kappa shape index (κ2) is 12.3.